The highest BCUT2D eigenvalue weighted by Crippen LogP contribution is 2.39. The fourth-order valence-electron chi connectivity index (χ4n) is 2.82. The van der Waals surface area contributed by atoms with Gasteiger partial charge in [-0.25, -0.2) is 0 Å². The molecule has 0 aromatic heterocycles. The first kappa shape index (κ1) is 22.4. The first-order chi connectivity index (χ1) is 14.8. The molecule has 2 amide bonds. The number of rotatable bonds is 7. The topological polar surface area (TPSA) is 108 Å². The van der Waals surface area contributed by atoms with Gasteiger partial charge in [-0.3, -0.25) is 14.5 Å². The third kappa shape index (κ3) is 5.28. The number of phenolic OH excluding ortho intramolecular Hbond substituents is 2. The van der Waals surface area contributed by atoms with Gasteiger partial charge in [0.15, 0.2) is 11.5 Å². The van der Waals surface area contributed by atoms with E-state index < -0.39 is 0 Å². The second-order valence-corrected chi connectivity index (χ2v) is 8.13. The maximum Gasteiger partial charge on any atom is 0.266 e. The van der Waals surface area contributed by atoms with Crippen molar-refractivity contribution in [1.82, 2.24) is 4.90 Å². The van der Waals surface area contributed by atoms with Crippen molar-refractivity contribution in [3.63, 3.8) is 0 Å². The van der Waals surface area contributed by atoms with Crippen molar-refractivity contribution in [3.8, 4) is 23.0 Å². The molecule has 0 spiro atoms. The molecule has 0 radical (unpaired) electrons. The molecule has 8 nitrogen and oxygen atoms in total. The highest BCUT2D eigenvalue weighted by Gasteiger charge is 2.32. The standard InChI is InChI=1S/C21H20N2O6S2/c1-28-15-9-12(10-16(29-2)19(15)26)11-17-20(27)23(21(30)31-17)8-7-18(25)22-13-3-5-14(24)6-4-13/h3-6,9-11,24,26H,7-8H2,1-2H3,(H,22,25)/b17-11-. The Bertz CT molecular complexity index is 1030. The lowest BCUT2D eigenvalue weighted by atomic mass is 10.1. The van der Waals surface area contributed by atoms with Gasteiger partial charge in [0.25, 0.3) is 5.91 Å². The average molecular weight is 461 g/mol. The van der Waals surface area contributed by atoms with E-state index in [-0.39, 0.29) is 47.8 Å². The van der Waals surface area contributed by atoms with Gasteiger partial charge in [-0.1, -0.05) is 24.0 Å². The summed E-state index contributed by atoms with van der Waals surface area (Å²) in [4.78, 5) is 26.7. The third-order valence-electron chi connectivity index (χ3n) is 4.39. The zero-order valence-corrected chi connectivity index (χ0v) is 18.4. The molecule has 3 rings (SSSR count). The van der Waals surface area contributed by atoms with Gasteiger partial charge in [-0.05, 0) is 48.0 Å². The number of thioether (sulfide) groups is 1. The minimum Gasteiger partial charge on any atom is -0.508 e. The quantitative estimate of drug-likeness (QED) is 0.328. The molecule has 31 heavy (non-hydrogen) atoms. The van der Waals surface area contributed by atoms with E-state index in [0.29, 0.717) is 20.5 Å². The van der Waals surface area contributed by atoms with E-state index in [1.807, 2.05) is 0 Å². The van der Waals surface area contributed by atoms with Crippen molar-refractivity contribution in [2.24, 2.45) is 0 Å². The number of ether oxygens (including phenoxy) is 2. The molecule has 1 fully saturated rings. The first-order valence-corrected chi connectivity index (χ1v) is 10.3. The molecule has 1 heterocycles. The van der Waals surface area contributed by atoms with Crippen LogP contribution in [0.3, 0.4) is 0 Å². The van der Waals surface area contributed by atoms with Crippen LogP contribution in [0.15, 0.2) is 41.3 Å². The summed E-state index contributed by atoms with van der Waals surface area (Å²) in [5, 5.41) is 22.0. The van der Waals surface area contributed by atoms with Crippen LogP contribution >= 0.6 is 24.0 Å². The molecule has 10 heteroatoms. The van der Waals surface area contributed by atoms with Gasteiger partial charge in [-0.15, -0.1) is 0 Å². The lowest BCUT2D eigenvalue weighted by Gasteiger charge is -2.14. The van der Waals surface area contributed by atoms with Gasteiger partial charge in [0.1, 0.15) is 10.1 Å². The summed E-state index contributed by atoms with van der Waals surface area (Å²) in [5.41, 5.74) is 1.14. The van der Waals surface area contributed by atoms with E-state index in [1.165, 1.54) is 31.3 Å². The van der Waals surface area contributed by atoms with Gasteiger partial charge in [0.05, 0.1) is 19.1 Å². The summed E-state index contributed by atoms with van der Waals surface area (Å²) in [6, 6.07) is 9.25. The van der Waals surface area contributed by atoms with Crippen molar-refractivity contribution < 1.29 is 29.3 Å². The Morgan fingerprint density at radius 2 is 1.77 bits per heavy atom. The van der Waals surface area contributed by atoms with Gasteiger partial charge in [0.2, 0.25) is 11.7 Å². The Morgan fingerprint density at radius 3 is 2.35 bits per heavy atom. The number of nitrogens with zero attached hydrogens (tertiary/aromatic N) is 1. The average Bonchev–Trinajstić information content (AvgIpc) is 3.01. The minimum atomic E-state index is -0.307. The fraction of sp³-hybridized carbons (Fsp3) is 0.190. The van der Waals surface area contributed by atoms with Gasteiger partial charge in [-0.2, -0.15) is 0 Å². The van der Waals surface area contributed by atoms with Crippen LogP contribution in [-0.2, 0) is 9.59 Å². The van der Waals surface area contributed by atoms with E-state index in [0.717, 1.165) is 11.8 Å². The lowest BCUT2D eigenvalue weighted by molar-refractivity contribution is -0.122. The van der Waals surface area contributed by atoms with Crippen LogP contribution in [0.2, 0.25) is 0 Å². The Labute approximate surface area is 188 Å². The Hall–Kier alpha value is -3.24. The van der Waals surface area contributed by atoms with Crippen LogP contribution in [0.5, 0.6) is 23.0 Å². The minimum absolute atomic E-state index is 0.0570. The SMILES string of the molecule is COc1cc(/C=C2\SC(=S)N(CCC(=O)Nc3ccc(O)cc3)C2=O)cc(OC)c1O. The fourth-order valence-corrected chi connectivity index (χ4v) is 4.13. The largest absolute Gasteiger partial charge is 0.508 e. The first-order valence-electron chi connectivity index (χ1n) is 9.11. The normalized spacial score (nSPS) is 14.8. The van der Waals surface area contributed by atoms with Crippen LogP contribution in [-0.4, -0.2) is 52.0 Å². The van der Waals surface area contributed by atoms with E-state index in [2.05, 4.69) is 5.32 Å². The van der Waals surface area contributed by atoms with Crippen molar-refractivity contribution in [1.29, 1.82) is 0 Å². The Morgan fingerprint density at radius 1 is 1.16 bits per heavy atom. The van der Waals surface area contributed by atoms with Crippen LogP contribution in [0.25, 0.3) is 6.08 Å². The molecule has 0 bridgehead atoms. The number of hydrogen-bond donors (Lipinski definition) is 3. The molecular formula is C21H20N2O6S2. The summed E-state index contributed by atoms with van der Waals surface area (Å²) < 4.78 is 10.6. The van der Waals surface area contributed by atoms with Crippen LogP contribution in [0, 0.1) is 0 Å². The lowest BCUT2D eigenvalue weighted by Crippen LogP contribution is -2.31. The number of aromatic hydroxyl groups is 2. The third-order valence-corrected chi connectivity index (χ3v) is 5.76. The van der Waals surface area contributed by atoms with Crippen molar-refractivity contribution in [3.05, 3.63) is 46.9 Å². The molecule has 1 aliphatic rings. The Kier molecular flexibility index (Phi) is 7.03. The summed E-state index contributed by atoms with van der Waals surface area (Å²) in [6.07, 6.45) is 1.68. The monoisotopic (exact) mass is 460 g/mol. The number of hydrogen-bond acceptors (Lipinski definition) is 8. The number of carbonyl (C=O) groups excluding carboxylic acids is 2. The molecule has 0 aliphatic carbocycles. The molecule has 162 valence electrons. The van der Waals surface area contributed by atoms with Crippen LogP contribution in [0.4, 0.5) is 5.69 Å². The number of anilines is 1. The highest BCUT2D eigenvalue weighted by molar-refractivity contribution is 8.26. The number of thiocarbonyl (C=S) groups is 1. The number of carbonyl (C=O) groups is 2. The smallest absolute Gasteiger partial charge is 0.266 e. The molecule has 0 atom stereocenters. The molecule has 2 aromatic rings. The molecule has 0 saturated carbocycles. The molecule has 0 unspecified atom stereocenters. The van der Waals surface area contributed by atoms with E-state index >= 15 is 0 Å². The summed E-state index contributed by atoms with van der Waals surface area (Å²) in [5.74, 6) is -0.185. The predicted octanol–water partition coefficient (Wildman–Crippen LogP) is 3.35. The van der Waals surface area contributed by atoms with Crippen LogP contribution in [0.1, 0.15) is 12.0 Å². The zero-order valence-electron chi connectivity index (χ0n) is 16.7. The highest BCUT2D eigenvalue weighted by atomic mass is 32.2. The van der Waals surface area contributed by atoms with E-state index in [9.17, 15) is 19.8 Å². The molecular weight excluding hydrogens is 440 g/mol. The molecule has 1 aliphatic heterocycles. The summed E-state index contributed by atoms with van der Waals surface area (Å²) in [6.45, 7) is 0.133. The van der Waals surface area contributed by atoms with Crippen molar-refractivity contribution in [2.45, 2.75) is 6.42 Å². The maximum absolute atomic E-state index is 12.8. The number of benzene rings is 2. The number of nitrogens with one attached hydrogen (secondary N) is 1. The van der Waals surface area contributed by atoms with Crippen molar-refractivity contribution in [2.75, 3.05) is 26.1 Å². The summed E-state index contributed by atoms with van der Waals surface area (Å²) >= 11 is 6.43. The summed E-state index contributed by atoms with van der Waals surface area (Å²) in [7, 11) is 2.84. The van der Waals surface area contributed by atoms with Crippen LogP contribution < -0.4 is 14.8 Å². The zero-order chi connectivity index (χ0) is 22.5. The Balaban J connectivity index is 1.68. The van der Waals surface area contributed by atoms with E-state index in [1.54, 1.807) is 30.3 Å². The molecule has 2 aromatic carbocycles. The van der Waals surface area contributed by atoms with Gasteiger partial charge in [0, 0.05) is 18.7 Å². The molecule has 1 saturated heterocycles. The van der Waals surface area contributed by atoms with E-state index in [4.69, 9.17) is 21.7 Å². The predicted molar refractivity (Wildman–Crippen MR) is 122 cm³/mol. The maximum atomic E-state index is 12.8. The van der Waals surface area contributed by atoms with Crippen molar-refractivity contribution >= 4 is 51.9 Å². The number of methoxy groups -OCH3 is 2. The second-order valence-electron chi connectivity index (χ2n) is 6.45. The van der Waals surface area contributed by atoms with Gasteiger partial charge < -0.3 is 25.0 Å². The number of amides is 2. The molecule has 3 N–H and O–H groups in total. The second kappa shape index (κ2) is 9.71. The number of phenols is 2. The van der Waals surface area contributed by atoms with Gasteiger partial charge >= 0.3 is 0 Å².